The summed E-state index contributed by atoms with van der Waals surface area (Å²) in [6.07, 6.45) is 1.98. The molecule has 0 saturated carbocycles. The molecular weight excluding hydrogens is 294 g/mol. The molecule has 0 spiro atoms. The number of Topliss-reactive ketones (excluding diaryl/α,β-unsaturated/α-hetero) is 1. The van der Waals surface area contributed by atoms with Crippen LogP contribution in [0.3, 0.4) is 0 Å². The minimum atomic E-state index is 0.0751. The maximum Gasteiger partial charge on any atom is 0.135 e. The van der Waals surface area contributed by atoms with E-state index in [-0.39, 0.29) is 5.78 Å². The minimum Gasteiger partial charge on any atom is -0.300 e. The van der Waals surface area contributed by atoms with Crippen molar-refractivity contribution in [1.29, 1.82) is 5.26 Å². The fourth-order valence-corrected chi connectivity index (χ4v) is 2.05. The van der Waals surface area contributed by atoms with Crippen LogP contribution >= 0.6 is 15.9 Å². The molecule has 0 aliphatic rings. The number of hydrogen-bond acceptors (Lipinski definition) is 3. The number of ketones is 1. The Balaban J connectivity index is 2.44. The van der Waals surface area contributed by atoms with Gasteiger partial charge in [-0.15, -0.1) is 0 Å². The maximum absolute atomic E-state index is 11.2. The van der Waals surface area contributed by atoms with Crippen molar-refractivity contribution in [1.82, 2.24) is 9.78 Å². The van der Waals surface area contributed by atoms with Crippen LogP contribution in [0.1, 0.15) is 18.2 Å². The van der Waals surface area contributed by atoms with Crippen LogP contribution < -0.4 is 0 Å². The second-order valence-electron chi connectivity index (χ2n) is 3.89. The summed E-state index contributed by atoms with van der Waals surface area (Å²) in [6, 6.07) is 9.13. The Bertz CT molecular complexity index is 623. The van der Waals surface area contributed by atoms with Gasteiger partial charge in [0.15, 0.2) is 0 Å². The molecule has 1 aromatic carbocycles. The normalized spacial score (nSPS) is 10.1. The number of hydrogen-bond donors (Lipinski definition) is 0. The Hall–Kier alpha value is -1.93. The van der Waals surface area contributed by atoms with Crippen molar-refractivity contribution in [3.05, 3.63) is 46.2 Å². The molecule has 0 bridgehead atoms. The molecule has 0 aliphatic carbocycles. The van der Waals surface area contributed by atoms with Gasteiger partial charge >= 0.3 is 0 Å². The second kappa shape index (κ2) is 5.15. The lowest BCUT2D eigenvalue weighted by Crippen LogP contribution is -2.06. The SMILES string of the molecule is CC(=O)Cc1c(Br)cnn1-c1ccc(C#N)cc1. The summed E-state index contributed by atoms with van der Waals surface area (Å²) in [7, 11) is 0. The fraction of sp³-hybridized carbons (Fsp3) is 0.154. The zero-order chi connectivity index (χ0) is 13.1. The molecule has 1 aromatic heterocycles. The van der Waals surface area contributed by atoms with Crippen molar-refractivity contribution in [2.75, 3.05) is 0 Å². The van der Waals surface area contributed by atoms with Gasteiger partial charge in [-0.05, 0) is 47.1 Å². The summed E-state index contributed by atoms with van der Waals surface area (Å²) >= 11 is 3.38. The molecule has 1 heterocycles. The molecule has 2 aromatic rings. The predicted octanol–water partition coefficient (Wildman–Crippen LogP) is 2.64. The van der Waals surface area contributed by atoms with Gasteiger partial charge in [0.25, 0.3) is 0 Å². The number of rotatable bonds is 3. The van der Waals surface area contributed by atoms with E-state index >= 15 is 0 Å². The van der Waals surface area contributed by atoms with Gasteiger partial charge in [-0.25, -0.2) is 4.68 Å². The number of halogens is 1. The third-order valence-electron chi connectivity index (χ3n) is 2.48. The summed E-state index contributed by atoms with van der Waals surface area (Å²) in [5.41, 5.74) is 2.24. The molecular formula is C13H10BrN3O. The number of nitriles is 1. The van der Waals surface area contributed by atoms with Crippen molar-refractivity contribution >= 4 is 21.7 Å². The van der Waals surface area contributed by atoms with Crippen molar-refractivity contribution in [3.63, 3.8) is 0 Å². The van der Waals surface area contributed by atoms with E-state index in [1.807, 2.05) is 12.1 Å². The van der Waals surface area contributed by atoms with Crippen LogP contribution in [0.4, 0.5) is 0 Å². The Morgan fingerprint density at radius 1 is 1.44 bits per heavy atom. The van der Waals surface area contributed by atoms with Crippen molar-refractivity contribution in [2.45, 2.75) is 13.3 Å². The molecule has 0 fully saturated rings. The summed E-state index contributed by atoms with van der Waals surface area (Å²) < 4.78 is 2.51. The zero-order valence-corrected chi connectivity index (χ0v) is 11.3. The van der Waals surface area contributed by atoms with Gasteiger partial charge in [-0.2, -0.15) is 10.4 Å². The lowest BCUT2D eigenvalue weighted by atomic mass is 10.2. The first-order valence-corrected chi connectivity index (χ1v) is 6.13. The minimum absolute atomic E-state index is 0.0751. The van der Waals surface area contributed by atoms with E-state index in [0.717, 1.165) is 15.9 Å². The van der Waals surface area contributed by atoms with Crippen molar-refractivity contribution in [2.24, 2.45) is 0 Å². The topological polar surface area (TPSA) is 58.7 Å². The van der Waals surface area contributed by atoms with E-state index in [4.69, 9.17) is 5.26 Å². The van der Waals surface area contributed by atoms with Crippen molar-refractivity contribution in [3.8, 4) is 11.8 Å². The molecule has 4 nitrogen and oxygen atoms in total. The Morgan fingerprint density at radius 2 is 2.11 bits per heavy atom. The fourth-order valence-electron chi connectivity index (χ4n) is 1.65. The number of nitrogens with zero attached hydrogens (tertiary/aromatic N) is 3. The predicted molar refractivity (Wildman–Crippen MR) is 70.4 cm³/mol. The van der Waals surface area contributed by atoms with Crippen LogP contribution in [0, 0.1) is 11.3 Å². The van der Waals surface area contributed by atoms with E-state index in [9.17, 15) is 4.79 Å². The van der Waals surface area contributed by atoms with Crippen LogP contribution in [-0.2, 0) is 11.2 Å². The average Bonchev–Trinajstić information content (AvgIpc) is 2.71. The summed E-state index contributed by atoms with van der Waals surface area (Å²) in [5.74, 6) is 0.0751. The number of benzene rings is 1. The summed E-state index contributed by atoms with van der Waals surface area (Å²) in [4.78, 5) is 11.2. The first-order chi connectivity index (χ1) is 8.61. The van der Waals surface area contributed by atoms with Gasteiger partial charge in [0.05, 0.1) is 33.7 Å². The van der Waals surface area contributed by atoms with Gasteiger partial charge in [0, 0.05) is 6.42 Å². The van der Waals surface area contributed by atoms with Gasteiger partial charge in [-0.1, -0.05) is 0 Å². The van der Waals surface area contributed by atoms with Crippen LogP contribution in [0.2, 0.25) is 0 Å². The smallest absolute Gasteiger partial charge is 0.135 e. The molecule has 0 atom stereocenters. The van der Waals surface area contributed by atoms with Gasteiger partial charge in [0.2, 0.25) is 0 Å². The molecule has 0 saturated heterocycles. The maximum atomic E-state index is 11.2. The second-order valence-corrected chi connectivity index (χ2v) is 4.74. The van der Waals surface area contributed by atoms with Crippen molar-refractivity contribution < 1.29 is 4.79 Å². The zero-order valence-electron chi connectivity index (χ0n) is 9.72. The van der Waals surface area contributed by atoms with Gasteiger partial charge < -0.3 is 0 Å². The molecule has 0 N–H and O–H groups in total. The largest absolute Gasteiger partial charge is 0.300 e. The van der Waals surface area contributed by atoms with Crippen LogP contribution in [0.15, 0.2) is 34.9 Å². The molecule has 0 radical (unpaired) electrons. The van der Waals surface area contributed by atoms with Crippen LogP contribution in [-0.4, -0.2) is 15.6 Å². The Labute approximate surface area is 113 Å². The number of aromatic nitrogens is 2. The van der Waals surface area contributed by atoms with E-state index in [1.54, 1.807) is 29.9 Å². The highest BCUT2D eigenvalue weighted by atomic mass is 79.9. The summed E-state index contributed by atoms with van der Waals surface area (Å²) in [6.45, 7) is 1.54. The Kier molecular flexibility index (Phi) is 3.58. The lowest BCUT2D eigenvalue weighted by Gasteiger charge is -2.06. The van der Waals surface area contributed by atoms with E-state index in [2.05, 4.69) is 27.1 Å². The van der Waals surface area contributed by atoms with E-state index < -0.39 is 0 Å². The highest BCUT2D eigenvalue weighted by Crippen LogP contribution is 2.21. The quantitative estimate of drug-likeness (QED) is 0.876. The van der Waals surface area contributed by atoms with Gasteiger partial charge in [-0.3, -0.25) is 4.79 Å². The molecule has 90 valence electrons. The highest BCUT2D eigenvalue weighted by molar-refractivity contribution is 9.10. The third-order valence-corrected chi connectivity index (χ3v) is 3.14. The number of carbonyl (C=O) groups is 1. The average molecular weight is 304 g/mol. The highest BCUT2D eigenvalue weighted by Gasteiger charge is 2.12. The van der Waals surface area contributed by atoms with E-state index in [1.165, 1.54) is 0 Å². The molecule has 0 unspecified atom stereocenters. The molecule has 5 heteroatoms. The first-order valence-electron chi connectivity index (χ1n) is 5.34. The monoisotopic (exact) mass is 303 g/mol. The third kappa shape index (κ3) is 2.49. The summed E-state index contributed by atoms with van der Waals surface area (Å²) in [5, 5.41) is 13.0. The number of carbonyl (C=O) groups excluding carboxylic acids is 1. The molecule has 0 amide bonds. The van der Waals surface area contributed by atoms with Gasteiger partial charge in [0.1, 0.15) is 5.78 Å². The Morgan fingerprint density at radius 3 is 2.67 bits per heavy atom. The molecule has 18 heavy (non-hydrogen) atoms. The lowest BCUT2D eigenvalue weighted by molar-refractivity contribution is -0.116. The molecule has 0 aliphatic heterocycles. The van der Waals surface area contributed by atoms with E-state index in [0.29, 0.717) is 12.0 Å². The standard InChI is InChI=1S/C13H10BrN3O/c1-9(18)6-13-12(14)8-16-17(13)11-4-2-10(7-15)3-5-11/h2-5,8H,6H2,1H3. The van der Waals surface area contributed by atoms with Crippen LogP contribution in [0.5, 0.6) is 0 Å². The molecule has 2 rings (SSSR count). The first kappa shape index (κ1) is 12.5. The van der Waals surface area contributed by atoms with Crippen LogP contribution in [0.25, 0.3) is 5.69 Å².